The predicted octanol–water partition coefficient (Wildman–Crippen LogP) is 0.911. The van der Waals surface area contributed by atoms with Crippen LogP contribution in [0.3, 0.4) is 0 Å². The molecule has 17 heavy (non-hydrogen) atoms. The van der Waals surface area contributed by atoms with E-state index in [1.807, 2.05) is 39.3 Å². The molecule has 0 aliphatic heterocycles. The van der Waals surface area contributed by atoms with Gasteiger partial charge in [-0.3, -0.25) is 9.47 Å². The summed E-state index contributed by atoms with van der Waals surface area (Å²) in [4.78, 5) is 13.5. The minimum Gasteiger partial charge on any atom is -0.408 e. The smallest absolute Gasteiger partial charge is 0.408 e. The predicted molar refractivity (Wildman–Crippen MR) is 66.9 cm³/mol. The van der Waals surface area contributed by atoms with Crippen LogP contribution in [0.4, 0.5) is 0 Å². The summed E-state index contributed by atoms with van der Waals surface area (Å²) in [5.41, 5.74) is 2.53. The monoisotopic (exact) mass is 235 g/mol. The van der Waals surface area contributed by atoms with Crippen molar-refractivity contribution in [1.82, 2.24) is 14.8 Å². The summed E-state index contributed by atoms with van der Waals surface area (Å²) in [5.74, 6) is -0.331. The first-order chi connectivity index (χ1) is 8.04. The Bertz CT molecular complexity index is 583. The molecule has 2 rings (SSSR count). The lowest BCUT2D eigenvalue weighted by atomic mass is 10.1. The zero-order valence-electron chi connectivity index (χ0n) is 10.5. The molecule has 0 spiro atoms. The summed E-state index contributed by atoms with van der Waals surface area (Å²) >= 11 is 0. The Balaban J connectivity index is 2.57. The molecule has 1 heterocycles. The number of hydrogen-bond acceptors (Lipinski definition) is 4. The minimum atomic E-state index is -0.331. The van der Waals surface area contributed by atoms with Crippen molar-refractivity contribution in [3.63, 3.8) is 0 Å². The molecular weight excluding hydrogens is 218 g/mol. The van der Waals surface area contributed by atoms with E-state index in [1.54, 1.807) is 7.05 Å². The number of nitrogens with one attached hydrogen (secondary N) is 1. The highest BCUT2D eigenvalue weighted by Crippen LogP contribution is 2.20. The lowest BCUT2D eigenvalue weighted by Gasteiger charge is -2.24. The number of rotatable bonds is 3. The number of hydrogen-bond donors (Lipinski definition) is 1. The van der Waals surface area contributed by atoms with Crippen LogP contribution in [0.1, 0.15) is 11.7 Å². The van der Waals surface area contributed by atoms with E-state index in [0.29, 0.717) is 5.58 Å². The summed E-state index contributed by atoms with van der Waals surface area (Å²) < 4.78 is 6.62. The second-order valence-corrected chi connectivity index (χ2v) is 4.31. The van der Waals surface area contributed by atoms with E-state index in [4.69, 9.17) is 4.42 Å². The van der Waals surface area contributed by atoms with Gasteiger partial charge >= 0.3 is 5.76 Å². The highest BCUT2D eigenvalue weighted by Gasteiger charge is 2.14. The van der Waals surface area contributed by atoms with E-state index >= 15 is 0 Å². The molecule has 0 fully saturated rings. The van der Waals surface area contributed by atoms with E-state index in [1.165, 1.54) is 4.57 Å². The van der Waals surface area contributed by atoms with Crippen molar-refractivity contribution in [2.45, 2.75) is 6.17 Å². The summed E-state index contributed by atoms with van der Waals surface area (Å²) in [5, 5.41) is 3.22. The van der Waals surface area contributed by atoms with Crippen molar-refractivity contribution in [1.29, 1.82) is 0 Å². The first-order valence-electron chi connectivity index (χ1n) is 5.47. The van der Waals surface area contributed by atoms with E-state index in [0.717, 1.165) is 11.1 Å². The minimum absolute atomic E-state index is 0.115. The fourth-order valence-corrected chi connectivity index (χ4v) is 2.04. The quantitative estimate of drug-likeness (QED) is 0.803. The Morgan fingerprint density at radius 1 is 1.41 bits per heavy atom. The van der Waals surface area contributed by atoms with Crippen molar-refractivity contribution in [2.24, 2.45) is 7.05 Å². The van der Waals surface area contributed by atoms with Crippen LogP contribution >= 0.6 is 0 Å². The zero-order valence-corrected chi connectivity index (χ0v) is 10.5. The Kier molecular flexibility index (Phi) is 3.04. The number of oxazole rings is 1. The first kappa shape index (κ1) is 11.9. The molecule has 1 aromatic heterocycles. The number of aromatic nitrogens is 1. The van der Waals surface area contributed by atoms with Gasteiger partial charge in [-0.25, -0.2) is 4.79 Å². The van der Waals surface area contributed by atoms with Gasteiger partial charge in [-0.15, -0.1) is 0 Å². The maximum atomic E-state index is 11.4. The Hall–Kier alpha value is -1.59. The van der Waals surface area contributed by atoms with Crippen molar-refractivity contribution in [3.8, 4) is 0 Å². The fraction of sp³-hybridized carbons (Fsp3) is 0.417. The highest BCUT2D eigenvalue weighted by molar-refractivity contribution is 5.73. The lowest BCUT2D eigenvalue weighted by molar-refractivity contribution is 0.265. The number of aryl methyl sites for hydroxylation is 1. The van der Waals surface area contributed by atoms with Gasteiger partial charge in [0.05, 0.1) is 11.7 Å². The average Bonchev–Trinajstić information content (AvgIpc) is 2.56. The fourth-order valence-electron chi connectivity index (χ4n) is 2.04. The molecule has 0 bridgehead atoms. The molecule has 0 radical (unpaired) electrons. The highest BCUT2D eigenvalue weighted by atomic mass is 16.4. The molecule has 1 unspecified atom stereocenters. The third-order valence-corrected chi connectivity index (χ3v) is 2.92. The second kappa shape index (κ2) is 4.35. The van der Waals surface area contributed by atoms with Crippen LogP contribution in [0.25, 0.3) is 11.1 Å². The van der Waals surface area contributed by atoms with E-state index in [2.05, 4.69) is 10.2 Å². The van der Waals surface area contributed by atoms with Crippen LogP contribution in [0.2, 0.25) is 0 Å². The molecule has 0 amide bonds. The van der Waals surface area contributed by atoms with Gasteiger partial charge < -0.3 is 9.73 Å². The molecule has 1 aromatic carbocycles. The number of fused-ring (bicyclic) bond motifs is 1. The average molecular weight is 235 g/mol. The van der Waals surface area contributed by atoms with Crippen LogP contribution in [-0.4, -0.2) is 30.6 Å². The van der Waals surface area contributed by atoms with Gasteiger partial charge in [0, 0.05) is 7.05 Å². The van der Waals surface area contributed by atoms with Crippen LogP contribution < -0.4 is 11.1 Å². The molecule has 1 atom stereocenters. The van der Waals surface area contributed by atoms with Gasteiger partial charge in [-0.2, -0.15) is 0 Å². The second-order valence-electron chi connectivity index (χ2n) is 4.31. The van der Waals surface area contributed by atoms with Crippen molar-refractivity contribution in [3.05, 3.63) is 34.3 Å². The molecule has 1 N–H and O–H groups in total. The maximum Gasteiger partial charge on any atom is 0.419 e. The number of benzene rings is 1. The summed E-state index contributed by atoms with van der Waals surface area (Å²) in [7, 11) is 7.62. The van der Waals surface area contributed by atoms with E-state index in [9.17, 15) is 4.79 Å². The molecule has 5 nitrogen and oxygen atoms in total. The molecular formula is C12H17N3O2. The summed E-state index contributed by atoms with van der Waals surface area (Å²) in [6, 6.07) is 5.77. The lowest BCUT2D eigenvalue weighted by Crippen LogP contribution is -2.30. The van der Waals surface area contributed by atoms with Gasteiger partial charge in [-0.1, -0.05) is 6.07 Å². The molecule has 2 aromatic rings. The standard InChI is InChI=1S/C12H17N3O2/c1-13-11(14(2)3)8-5-6-10-9(7-8)15(4)12(16)17-10/h5-7,11,13H,1-4H3. The Labute approximate surface area is 99.6 Å². The normalized spacial score (nSPS) is 13.5. The maximum absolute atomic E-state index is 11.4. The molecule has 0 aliphatic rings. The molecule has 0 saturated carbocycles. The van der Waals surface area contributed by atoms with E-state index in [-0.39, 0.29) is 11.9 Å². The van der Waals surface area contributed by atoms with Crippen LogP contribution in [-0.2, 0) is 7.05 Å². The molecule has 5 heteroatoms. The third kappa shape index (κ3) is 1.99. The summed E-state index contributed by atoms with van der Waals surface area (Å²) in [6.45, 7) is 0. The van der Waals surface area contributed by atoms with Crippen LogP contribution in [0, 0.1) is 0 Å². The van der Waals surface area contributed by atoms with Gasteiger partial charge in [0.25, 0.3) is 0 Å². The molecule has 0 saturated heterocycles. The Morgan fingerprint density at radius 2 is 2.12 bits per heavy atom. The largest absolute Gasteiger partial charge is 0.419 e. The van der Waals surface area contributed by atoms with Gasteiger partial charge in [0.2, 0.25) is 0 Å². The molecule has 92 valence electrons. The SMILES string of the molecule is CNC(c1ccc2oc(=O)n(C)c2c1)N(C)C. The number of nitrogens with zero attached hydrogens (tertiary/aromatic N) is 2. The van der Waals surface area contributed by atoms with E-state index < -0.39 is 0 Å². The third-order valence-electron chi connectivity index (χ3n) is 2.92. The van der Waals surface area contributed by atoms with Gasteiger partial charge in [0.1, 0.15) is 0 Å². The van der Waals surface area contributed by atoms with Crippen molar-refractivity contribution in [2.75, 3.05) is 21.1 Å². The summed E-state index contributed by atoms with van der Waals surface area (Å²) in [6.07, 6.45) is 0.115. The van der Waals surface area contributed by atoms with Crippen molar-refractivity contribution < 1.29 is 4.42 Å². The van der Waals surface area contributed by atoms with Crippen LogP contribution in [0.5, 0.6) is 0 Å². The first-order valence-corrected chi connectivity index (χ1v) is 5.47. The van der Waals surface area contributed by atoms with Gasteiger partial charge in [0.15, 0.2) is 5.58 Å². The van der Waals surface area contributed by atoms with Crippen LogP contribution in [0.15, 0.2) is 27.4 Å². The van der Waals surface area contributed by atoms with Crippen molar-refractivity contribution >= 4 is 11.1 Å². The topological polar surface area (TPSA) is 50.4 Å². The molecule has 0 aliphatic carbocycles. The van der Waals surface area contributed by atoms with Gasteiger partial charge in [-0.05, 0) is 38.8 Å². The Morgan fingerprint density at radius 3 is 2.71 bits per heavy atom. The zero-order chi connectivity index (χ0) is 12.6.